The van der Waals surface area contributed by atoms with Gasteiger partial charge in [0.1, 0.15) is 0 Å². The first-order chi connectivity index (χ1) is 7.73. The Morgan fingerprint density at radius 2 is 1.76 bits per heavy atom. The molecule has 0 aromatic carbocycles. The van der Waals surface area contributed by atoms with Gasteiger partial charge in [-0.2, -0.15) is 0 Å². The number of nitrogens with zero attached hydrogens (tertiary/aromatic N) is 1. The summed E-state index contributed by atoms with van der Waals surface area (Å²) >= 11 is 0. The summed E-state index contributed by atoms with van der Waals surface area (Å²) < 4.78 is 0. The molecule has 100 valence electrons. The maximum atomic E-state index is 11.9. The highest BCUT2D eigenvalue weighted by Gasteiger charge is 2.26. The lowest BCUT2D eigenvalue weighted by atomic mass is 10.0. The second-order valence-corrected chi connectivity index (χ2v) is 4.97. The molecule has 0 aliphatic rings. The van der Waals surface area contributed by atoms with Gasteiger partial charge in [-0.15, -0.1) is 0 Å². The third-order valence-electron chi connectivity index (χ3n) is 2.85. The van der Waals surface area contributed by atoms with Crippen LogP contribution < -0.4 is 5.32 Å². The van der Waals surface area contributed by atoms with Crippen LogP contribution in [0.2, 0.25) is 0 Å². The van der Waals surface area contributed by atoms with Crippen LogP contribution >= 0.6 is 0 Å². The van der Waals surface area contributed by atoms with Gasteiger partial charge in [-0.3, -0.25) is 4.79 Å². The molecule has 0 unspecified atom stereocenters. The molecular formula is C12H24N2O3. The normalized spacial score (nSPS) is 11.4. The number of carboxylic acid groups (broad SMARTS) is 1. The van der Waals surface area contributed by atoms with E-state index in [2.05, 4.69) is 5.32 Å². The lowest BCUT2D eigenvalue weighted by Crippen LogP contribution is -2.52. The van der Waals surface area contributed by atoms with Gasteiger partial charge in [-0.05, 0) is 26.7 Å². The second kappa shape index (κ2) is 6.47. The van der Waals surface area contributed by atoms with Crippen LogP contribution in [0.15, 0.2) is 0 Å². The highest BCUT2D eigenvalue weighted by molar-refractivity contribution is 5.76. The Balaban J connectivity index is 4.47. The number of carbonyl (C=O) groups excluding carboxylic acids is 1. The van der Waals surface area contributed by atoms with Crippen LogP contribution in [0.3, 0.4) is 0 Å². The molecule has 0 aliphatic carbocycles. The number of carboxylic acids is 1. The van der Waals surface area contributed by atoms with E-state index in [1.807, 2.05) is 13.8 Å². The quantitative estimate of drug-likeness (QED) is 0.751. The van der Waals surface area contributed by atoms with Gasteiger partial charge in [0.2, 0.25) is 0 Å². The molecule has 0 aromatic rings. The van der Waals surface area contributed by atoms with E-state index in [9.17, 15) is 9.59 Å². The Morgan fingerprint density at radius 1 is 1.29 bits per heavy atom. The Morgan fingerprint density at radius 3 is 2.12 bits per heavy atom. The van der Waals surface area contributed by atoms with E-state index in [4.69, 9.17) is 5.11 Å². The molecule has 0 bridgehead atoms. The lowest BCUT2D eigenvalue weighted by molar-refractivity contribution is -0.138. The van der Waals surface area contributed by atoms with Gasteiger partial charge in [0.05, 0.1) is 6.42 Å². The SMILES string of the molecule is CCC(CC)N(C)C(=O)NC(C)(C)CC(=O)O. The van der Waals surface area contributed by atoms with Crippen molar-refractivity contribution in [2.75, 3.05) is 7.05 Å². The lowest BCUT2D eigenvalue weighted by Gasteiger charge is -2.31. The van der Waals surface area contributed by atoms with Crippen LogP contribution in [0, 0.1) is 0 Å². The van der Waals surface area contributed by atoms with E-state index in [-0.39, 0.29) is 18.5 Å². The molecule has 0 saturated heterocycles. The summed E-state index contributed by atoms with van der Waals surface area (Å²) in [6.45, 7) is 7.47. The molecule has 5 nitrogen and oxygen atoms in total. The number of hydrogen-bond donors (Lipinski definition) is 2. The van der Waals surface area contributed by atoms with Crippen LogP contribution in [0.1, 0.15) is 47.0 Å². The van der Waals surface area contributed by atoms with Gasteiger partial charge in [0.15, 0.2) is 0 Å². The molecule has 2 N–H and O–H groups in total. The second-order valence-electron chi connectivity index (χ2n) is 4.97. The molecule has 0 saturated carbocycles. The largest absolute Gasteiger partial charge is 0.481 e. The number of hydrogen-bond acceptors (Lipinski definition) is 2. The maximum Gasteiger partial charge on any atom is 0.317 e. The van der Waals surface area contributed by atoms with Crippen LogP contribution in [0.5, 0.6) is 0 Å². The first kappa shape index (κ1) is 15.7. The van der Waals surface area contributed by atoms with Crippen LogP contribution in [-0.2, 0) is 4.79 Å². The molecule has 5 heteroatoms. The van der Waals surface area contributed by atoms with Crippen molar-refractivity contribution in [2.45, 2.75) is 58.5 Å². The van der Waals surface area contributed by atoms with Gasteiger partial charge in [0, 0.05) is 18.6 Å². The van der Waals surface area contributed by atoms with Crippen LogP contribution in [-0.4, -0.2) is 40.6 Å². The standard InChI is InChI=1S/C12H24N2O3/c1-6-9(7-2)14(5)11(17)13-12(3,4)8-10(15)16/h9H,6-8H2,1-5H3,(H,13,17)(H,15,16). The summed E-state index contributed by atoms with van der Waals surface area (Å²) in [6.07, 6.45) is 1.69. The predicted molar refractivity (Wildman–Crippen MR) is 67.0 cm³/mol. The van der Waals surface area contributed by atoms with E-state index in [0.29, 0.717) is 0 Å². The smallest absolute Gasteiger partial charge is 0.317 e. The molecule has 0 aliphatic heterocycles. The fraction of sp³-hybridized carbons (Fsp3) is 0.833. The van der Waals surface area contributed by atoms with Crippen molar-refractivity contribution in [3.05, 3.63) is 0 Å². The van der Waals surface area contributed by atoms with E-state index in [1.54, 1.807) is 25.8 Å². The molecule has 0 aromatic heterocycles. The zero-order valence-electron chi connectivity index (χ0n) is 11.4. The summed E-state index contributed by atoms with van der Waals surface area (Å²) in [4.78, 5) is 24.2. The summed E-state index contributed by atoms with van der Waals surface area (Å²) in [5, 5.41) is 11.5. The van der Waals surface area contributed by atoms with E-state index in [1.165, 1.54) is 0 Å². The Kier molecular flexibility index (Phi) is 5.99. The summed E-state index contributed by atoms with van der Waals surface area (Å²) in [7, 11) is 1.74. The van der Waals surface area contributed by atoms with Crippen molar-refractivity contribution in [1.29, 1.82) is 0 Å². The molecule has 0 atom stereocenters. The number of amides is 2. The topological polar surface area (TPSA) is 69.6 Å². The minimum atomic E-state index is -0.916. The van der Waals surface area contributed by atoms with Gasteiger partial charge in [-0.25, -0.2) is 4.79 Å². The van der Waals surface area contributed by atoms with Crippen LogP contribution in [0.25, 0.3) is 0 Å². The minimum Gasteiger partial charge on any atom is -0.481 e. The van der Waals surface area contributed by atoms with Crippen molar-refractivity contribution >= 4 is 12.0 Å². The van der Waals surface area contributed by atoms with Crippen LogP contribution in [0.4, 0.5) is 4.79 Å². The van der Waals surface area contributed by atoms with E-state index < -0.39 is 11.5 Å². The van der Waals surface area contributed by atoms with Gasteiger partial charge >= 0.3 is 12.0 Å². The molecule has 2 amide bonds. The summed E-state index contributed by atoms with van der Waals surface area (Å²) in [5.41, 5.74) is -0.733. The first-order valence-corrected chi connectivity index (χ1v) is 6.00. The van der Waals surface area contributed by atoms with Crippen molar-refractivity contribution in [3.8, 4) is 0 Å². The first-order valence-electron chi connectivity index (χ1n) is 6.00. The van der Waals surface area contributed by atoms with Crippen molar-refractivity contribution < 1.29 is 14.7 Å². The van der Waals surface area contributed by atoms with Gasteiger partial charge in [-0.1, -0.05) is 13.8 Å². The van der Waals surface area contributed by atoms with Gasteiger partial charge < -0.3 is 15.3 Å². The third kappa shape index (κ3) is 5.56. The molecule has 0 spiro atoms. The monoisotopic (exact) mass is 244 g/mol. The number of nitrogens with one attached hydrogen (secondary N) is 1. The van der Waals surface area contributed by atoms with Crippen molar-refractivity contribution in [1.82, 2.24) is 10.2 Å². The minimum absolute atomic E-state index is 0.0878. The highest BCUT2D eigenvalue weighted by Crippen LogP contribution is 2.11. The number of rotatable bonds is 6. The van der Waals surface area contributed by atoms with Crippen molar-refractivity contribution in [3.63, 3.8) is 0 Å². The van der Waals surface area contributed by atoms with E-state index in [0.717, 1.165) is 12.8 Å². The summed E-state index contributed by atoms with van der Waals surface area (Å²) in [5.74, 6) is -0.916. The maximum absolute atomic E-state index is 11.9. The van der Waals surface area contributed by atoms with E-state index >= 15 is 0 Å². The predicted octanol–water partition coefficient (Wildman–Crippen LogP) is 2.07. The summed E-state index contributed by atoms with van der Waals surface area (Å²) in [6, 6.07) is -0.0272. The molecular weight excluding hydrogens is 220 g/mol. The Hall–Kier alpha value is -1.26. The number of carbonyl (C=O) groups is 2. The number of aliphatic carboxylic acids is 1. The molecule has 0 radical (unpaired) electrons. The number of urea groups is 1. The third-order valence-corrected chi connectivity index (χ3v) is 2.85. The zero-order chi connectivity index (χ0) is 13.6. The van der Waals surface area contributed by atoms with Gasteiger partial charge in [0.25, 0.3) is 0 Å². The Labute approximate surface area is 103 Å². The molecule has 17 heavy (non-hydrogen) atoms. The average Bonchev–Trinajstić information content (AvgIpc) is 2.16. The zero-order valence-corrected chi connectivity index (χ0v) is 11.4. The Bertz CT molecular complexity index is 273. The molecule has 0 fully saturated rings. The average molecular weight is 244 g/mol. The fourth-order valence-electron chi connectivity index (χ4n) is 1.80. The van der Waals surface area contributed by atoms with Crippen molar-refractivity contribution in [2.24, 2.45) is 0 Å². The fourth-order valence-corrected chi connectivity index (χ4v) is 1.80. The highest BCUT2D eigenvalue weighted by atomic mass is 16.4. The molecule has 0 rings (SSSR count). The molecule has 0 heterocycles.